The molecule has 122 valence electrons. The number of nitrogens with one attached hydrogen (secondary N) is 2. The van der Waals surface area contributed by atoms with E-state index in [0.29, 0.717) is 0 Å². The lowest BCUT2D eigenvalue weighted by atomic mass is 10.0. The first-order chi connectivity index (χ1) is 10.2. The second-order valence-electron chi connectivity index (χ2n) is 4.90. The molecular formula is C13H20N3O5P. The Labute approximate surface area is 128 Å². The number of nitrogens with two attached hydrogens (primary N) is 1. The van der Waals surface area contributed by atoms with E-state index in [0.717, 1.165) is 5.56 Å². The molecule has 0 heterocycles. The van der Waals surface area contributed by atoms with Gasteiger partial charge >= 0.3 is 7.60 Å². The van der Waals surface area contributed by atoms with E-state index in [1.807, 2.05) is 6.07 Å². The topological polar surface area (TPSA) is 142 Å². The Morgan fingerprint density at radius 3 is 2.32 bits per heavy atom. The highest BCUT2D eigenvalue weighted by atomic mass is 31.2. The maximum absolute atomic E-state index is 12.0. The fourth-order valence-electron chi connectivity index (χ4n) is 1.67. The number of benzene rings is 1. The van der Waals surface area contributed by atoms with Crippen LogP contribution in [0.2, 0.25) is 0 Å². The molecule has 0 bridgehead atoms. The monoisotopic (exact) mass is 329 g/mol. The van der Waals surface area contributed by atoms with Gasteiger partial charge in [-0.15, -0.1) is 0 Å². The summed E-state index contributed by atoms with van der Waals surface area (Å²) in [6.07, 6.45) is -0.600. The van der Waals surface area contributed by atoms with Gasteiger partial charge in [0.25, 0.3) is 0 Å². The third kappa shape index (κ3) is 6.82. The quantitative estimate of drug-likeness (QED) is 0.419. The van der Waals surface area contributed by atoms with Gasteiger partial charge in [0.15, 0.2) is 0 Å². The second-order valence-corrected chi connectivity index (χ2v) is 6.55. The number of amides is 2. The van der Waals surface area contributed by atoms with Crippen LogP contribution in [-0.2, 0) is 20.6 Å². The van der Waals surface area contributed by atoms with E-state index in [2.05, 4.69) is 10.6 Å². The van der Waals surface area contributed by atoms with E-state index in [1.54, 1.807) is 24.3 Å². The van der Waals surface area contributed by atoms with Crippen molar-refractivity contribution in [3.8, 4) is 0 Å². The van der Waals surface area contributed by atoms with E-state index < -0.39 is 37.8 Å². The zero-order valence-electron chi connectivity index (χ0n) is 12.1. The van der Waals surface area contributed by atoms with Crippen LogP contribution < -0.4 is 16.4 Å². The summed E-state index contributed by atoms with van der Waals surface area (Å²) >= 11 is 0. The van der Waals surface area contributed by atoms with E-state index in [-0.39, 0.29) is 6.42 Å². The molecule has 0 aliphatic rings. The van der Waals surface area contributed by atoms with Gasteiger partial charge in [0.05, 0.1) is 6.04 Å². The highest BCUT2D eigenvalue weighted by molar-refractivity contribution is 7.51. The van der Waals surface area contributed by atoms with Crippen molar-refractivity contribution in [3.63, 3.8) is 0 Å². The predicted molar refractivity (Wildman–Crippen MR) is 80.8 cm³/mol. The van der Waals surface area contributed by atoms with Crippen molar-refractivity contribution in [1.29, 1.82) is 0 Å². The Morgan fingerprint density at radius 2 is 1.82 bits per heavy atom. The van der Waals surface area contributed by atoms with E-state index in [9.17, 15) is 14.2 Å². The fourth-order valence-corrected chi connectivity index (χ4v) is 2.03. The number of rotatable bonds is 7. The molecule has 1 aromatic rings. The summed E-state index contributed by atoms with van der Waals surface area (Å²) < 4.78 is 10.8. The molecule has 0 aliphatic carbocycles. The van der Waals surface area contributed by atoms with Gasteiger partial charge < -0.3 is 26.2 Å². The Bertz CT molecular complexity index is 558. The lowest BCUT2D eigenvalue weighted by molar-refractivity contribution is -0.129. The summed E-state index contributed by atoms with van der Waals surface area (Å²) in [4.78, 5) is 41.3. The summed E-state index contributed by atoms with van der Waals surface area (Å²) in [7, 11) is -4.36. The normalized spacial score (nSPS) is 14.0. The number of hydrogen-bond donors (Lipinski definition) is 5. The van der Waals surface area contributed by atoms with Gasteiger partial charge in [0.1, 0.15) is 12.3 Å². The molecule has 0 saturated heterocycles. The molecule has 0 fully saturated rings. The van der Waals surface area contributed by atoms with Gasteiger partial charge in [0, 0.05) is 6.42 Å². The molecule has 0 spiro atoms. The minimum atomic E-state index is -4.36. The first-order valence-electron chi connectivity index (χ1n) is 6.61. The first-order valence-corrected chi connectivity index (χ1v) is 8.41. The van der Waals surface area contributed by atoms with Crippen molar-refractivity contribution < 1.29 is 23.9 Å². The van der Waals surface area contributed by atoms with Crippen molar-refractivity contribution in [2.45, 2.75) is 25.4 Å². The first kappa shape index (κ1) is 18.3. The maximum Gasteiger partial charge on any atom is 0.344 e. The summed E-state index contributed by atoms with van der Waals surface area (Å²) in [6, 6.07) is 7.18. The minimum absolute atomic E-state index is 0.187. The molecule has 2 amide bonds. The van der Waals surface area contributed by atoms with Crippen LogP contribution in [0.3, 0.4) is 0 Å². The SMILES string of the molecule is C[C@H](N)C(=O)N[C@@H](Cc1ccccc1)C(=O)NCP(=O)(O)O. The van der Waals surface area contributed by atoms with Crippen LogP contribution in [-0.4, -0.2) is 40.0 Å². The Balaban J connectivity index is 2.79. The third-order valence-electron chi connectivity index (χ3n) is 2.79. The molecule has 0 radical (unpaired) electrons. The van der Waals surface area contributed by atoms with Crippen molar-refractivity contribution in [2.75, 3.05) is 6.29 Å². The molecule has 22 heavy (non-hydrogen) atoms. The molecule has 0 unspecified atom stereocenters. The number of carbonyl (C=O) groups is 2. The van der Waals surface area contributed by atoms with E-state index >= 15 is 0 Å². The highest BCUT2D eigenvalue weighted by Gasteiger charge is 2.24. The van der Waals surface area contributed by atoms with E-state index in [1.165, 1.54) is 6.92 Å². The lowest BCUT2D eigenvalue weighted by Gasteiger charge is -2.20. The van der Waals surface area contributed by atoms with Gasteiger partial charge in [-0.25, -0.2) is 0 Å². The predicted octanol–water partition coefficient (Wildman–Crippen LogP) is -0.687. The number of hydrogen-bond acceptors (Lipinski definition) is 4. The average Bonchev–Trinajstić information content (AvgIpc) is 2.44. The fraction of sp³-hybridized carbons (Fsp3) is 0.385. The van der Waals surface area contributed by atoms with Crippen LogP contribution in [0.5, 0.6) is 0 Å². The average molecular weight is 329 g/mol. The third-order valence-corrected chi connectivity index (χ3v) is 3.36. The Hall–Kier alpha value is -1.73. The minimum Gasteiger partial charge on any atom is -0.343 e. The van der Waals surface area contributed by atoms with Crippen LogP contribution >= 0.6 is 7.60 Å². The zero-order chi connectivity index (χ0) is 16.8. The van der Waals surface area contributed by atoms with Crippen molar-refractivity contribution in [2.24, 2.45) is 5.73 Å². The smallest absolute Gasteiger partial charge is 0.343 e. The summed E-state index contributed by atoms with van der Waals surface area (Å²) in [5, 5.41) is 4.60. The van der Waals surface area contributed by atoms with Crippen molar-refractivity contribution in [3.05, 3.63) is 35.9 Å². The zero-order valence-corrected chi connectivity index (χ0v) is 13.0. The largest absolute Gasteiger partial charge is 0.344 e. The van der Waals surface area contributed by atoms with Gasteiger partial charge in [-0.2, -0.15) is 0 Å². The Morgan fingerprint density at radius 1 is 1.23 bits per heavy atom. The van der Waals surface area contributed by atoms with Crippen LogP contribution in [0.25, 0.3) is 0 Å². The number of carbonyl (C=O) groups excluding carboxylic acids is 2. The van der Waals surface area contributed by atoms with Crippen molar-refractivity contribution >= 4 is 19.4 Å². The van der Waals surface area contributed by atoms with Crippen LogP contribution in [0, 0.1) is 0 Å². The standard InChI is InChI=1S/C13H20N3O5P/c1-9(14)12(17)16-11(7-10-5-3-2-4-6-10)13(18)15-8-22(19,20)21/h2-6,9,11H,7-8,14H2,1H3,(H,15,18)(H,16,17)(H2,19,20,21)/t9-,11-/m0/s1. The Kier molecular flexibility index (Phi) is 6.70. The van der Waals surface area contributed by atoms with Gasteiger partial charge in [0.2, 0.25) is 11.8 Å². The molecule has 6 N–H and O–H groups in total. The molecule has 1 aromatic carbocycles. The van der Waals surface area contributed by atoms with Crippen LogP contribution in [0.4, 0.5) is 0 Å². The molecule has 2 atom stereocenters. The molecule has 1 rings (SSSR count). The van der Waals surface area contributed by atoms with Crippen LogP contribution in [0.15, 0.2) is 30.3 Å². The van der Waals surface area contributed by atoms with Gasteiger partial charge in [-0.3, -0.25) is 14.2 Å². The summed E-state index contributed by atoms with van der Waals surface area (Å²) in [5.41, 5.74) is 6.25. The summed E-state index contributed by atoms with van der Waals surface area (Å²) in [5.74, 6) is -1.20. The second kappa shape index (κ2) is 8.05. The van der Waals surface area contributed by atoms with Gasteiger partial charge in [-0.05, 0) is 12.5 Å². The molecule has 0 aromatic heterocycles. The van der Waals surface area contributed by atoms with Gasteiger partial charge in [-0.1, -0.05) is 30.3 Å². The van der Waals surface area contributed by atoms with Crippen molar-refractivity contribution in [1.82, 2.24) is 10.6 Å². The maximum atomic E-state index is 12.0. The molecule has 0 saturated carbocycles. The molecule has 8 nitrogen and oxygen atoms in total. The van der Waals surface area contributed by atoms with Crippen LogP contribution in [0.1, 0.15) is 12.5 Å². The lowest BCUT2D eigenvalue weighted by Crippen LogP contribution is -2.52. The molecule has 0 aliphatic heterocycles. The van der Waals surface area contributed by atoms with E-state index in [4.69, 9.17) is 15.5 Å². The highest BCUT2D eigenvalue weighted by Crippen LogP contribution is 2.31. The molecule has 9 heteroatoms. The summed E-state index contributed by atoms with van der Waals surface area (Å²) in [6.45, 7) is 1.47. The molecular weight excluding hydrogens is 309 g/mol.